The van der Waals surface area contributed by atoms with E-state index in [1.807, 2.05) is 0 Å². The topological polar surface area (TPSA) is 58.2 Å². The van der Waals surface area contributed by atoms with Crippen molar-refractivity contribution in [1.29, 1.82) is 0 Å². The summed E-state index contributed by atoms with van der Waals surface area (Å²) in [5, 5.41) is 4.80. The van der Waals surface area contributed by atoms with Crippen LogP contribution in [0.2, 0.25) is 0 Å². The summed E-state index contributed by atoms with van der Waals surface area (Å²) in [6, 6.07) is 4.04. The molecule has 0 bridgehead atoms. The standard InChI is InChI=1S/C11H13FN2O2/c1-7-5-8(3-4-9(7)12)11(16)14-6-10(15)13-2/h3-5H,6H2,1-2H3,(H,13,15)(H,14,16). The van der Waals surface area contributed by atoms with E-state index in [4.69, 9.17) is 0 Å². The van der Waals surface area contributed by atoms with Gasteiger partial charge >= 0.3 is 0 Å². The van der Waals surface area contributed by atoms with Crippen LogP contribution in [0.5, 0.6) is 0 Å². The number of halogens is 1. The SMILES string of the molecule is CNC(=O)CNC(=O)c1ccc(F)c(C)c1. The normalized spacial score (nSPS) is 9.69. The zero-order valence-electron chi connectivity index (χ0n) is 9.13. The zero-order chi connectivity index (χ0) is 12.1. The van der Waals surface area contributed by atoms with Gasteiger partial charge in [0.2, 0.25) is 5.91 Å². The molecule has 2 N–H and O–H groups in total. The fourth-order valence-electron chi connectivity index (χ4n) is 1.14. The molecule has 0 aliphatic heterocycles. The number of carbonyl (C=O) groups is 2. The summed E-state index contributed by atoms with van der Waals surface area (Å²) in [5.41, 5.74) is 0.732. The number of amides is 2. The van der Waals surface area contributed by atoms with E-state index in [1.165, 1.54) is 25.2 Å². The monoisotopic (exact) mass is 224 g/mol. The van der Waals surface area contributed by atoms with E-state index < -0.39 is 5.91 Å². The Hall–Kier alpha value is -1.91. The van der Waals surface area contributed by atoms with E-state index in [0.717, 1.165) is 0 Å². The number of nitrogens with one attached hydrogen (secondary N) is 2. The van der Waals surface area contributed by atoms with Gasteiger partial charge in [0.05, 0.1) is 6.54 Å². The first-order valence-corrected chi connectivity index (χ1v) is 4.79. The summed E-state index contributed by atoms with van der Waals surface area (Å²) in [7, 11) is 1.48. The van der Waals surface area contributed by atoms with Gasteiger partial charge in [-0.05, 0) is 30.7 Å². The van der Waals surface area contributed by atoms with Crippen LogP contribution < -0.4 is 10.6 Å². The van der Waals surface area contributed by atoms with Gasteiger partial charge in [0.15, 0.2) is 0 Å². The highest BCUT2D eigenvalue weighted by Gasteiger charge is 2.08. The second-order valence-electron chi connectivity index (χ2n) is 3.32. The average molecular weight is 224 g/mol. The van der Waals surface area contributed by atoms with Crippen LogP contribution in [0.25, 0.3) is 0 Å². The van der Waals surface area contributed by atoms with E-state index in [-0.39, 0.29) is 18.3 Å². The second-order valence-corrected chi connectivity index (χ2v) is 3.32. The Balaban J connectivity index is 2.66. The third-order valence-corrected chi connectivity index (χ3v) is 2.11. The molecule has 0 atom stereocenters. The van der Waals surface area contributed by atoms with Gasteiger partial charge in [-0.25, -0.2) is 4.39 Å². The van der Waals surface area contributed by atoms with Gasteiger partial charge in [0.1, 0.15) is 5.82 Å². The Morgan fingerprint density at radius 1 is 1.38 bits per heavy atom. The minimum Gasteiger partial charge on any atom is -0.358 e. The van der Waals surface area contributed by atoms with Crippen molar-refractivity contribution >= 4 is 11.8 Å². The molecule has 0 unspecified atom stereocenters. The van der Waals surface area contributed by atoms with Gasteiger partial charge in [-0.3, -0.25) is 9.59 Å². The molecule has 0 aliphatic rings. The van der Waals surface area contributed by atoms with Gasteiger partial charge in [0.25, 0.3) is 5.91 Å². The molecule has 0 fully saturated rings. The van der Waals surface area contributed by atoms with Crippen LogP contribution in [0.15, 0.2) is 18.2 Å². The maximum atomic E-state index is 12.9. The van der Waals surface area contributed by atoms with E-state index in [1.54, 1.807) is 6.92 Å². The van der Waals surface area contributed by atoms with Gasteiger partial charge in [-0.15, -0.1) is 0 Å². The highest BCUT2D eigenvalue weighted by molar-refractivity contribution is 5.96. The number of hydrogen-bond acceptors (Lipinski definition) is 2. The van der Waals surface area contributed by atoms with Crippen LogP contribution in [0.4, 0.5) is 4.39 Å². The average Bonchev–Trinajstić information content (AvgIpc) is 2.29. The number of benzene rings is 1. The molecule has 0 heterocycles. The molecule has 1 rings (SSSR count). The van der Waals surface area contributed by atoms with Crippen molar-refractivity contribution in [2.45, 2.75) is 6.92 Å². The summed E-state index contributed by atoms with van der Waals surface area (Å²) in [4.78, 5) is 22.4. The summed E-state index contributed by atoms with van der Waals surface area (Å²) < 4.78 is 12.9. The molecule has 0 aliphatic carbocycles. The number of hydrogen-bond donors (Lipinski definition) is 2. The summed E-state index contributed by atoms with van der Waals surface area (Å²) in [6.07, 6.45) is 0. The summed E-state index contributed by atoms with van der Waals surface area (Å²) >= 11 is 0. The lowest BCUT2D eigenvalue weighted by atomic mass is 10.1. The molecule has 0 saturated carbocycles. The van der Waals surface area contributed by atoms with E-state index >= 15 is 0 Å². The van der Waals surface area contributed by atoms with Crippen molar-refractivity contribution in [3.8, 4) is 0 Å². The maximum absolute atomic E-state index is 12.9. The first-order chi connectivity index (χ1) is 7.54. The molecule has 0 radical (unpaired) electrons. The number of rotatable bonds is 3. The number of aryl methyl sites for hydroxylation is 1. The molecule has 1 aromatic carbocycles. The van der Waals surface area contributed by atoms with E-state index in [9.17, 15) is 14.0 Å². The molecule has 16 heavy (non-hydrogen) atoms. The molecular formula is C11H13FN2O2. The third kappa shape index (κ3) is 3.05. The second kappa shape index (κ2) is 5.25. The molecular weight excluding hydrogens is 211 g/mol. The summed E-state index contributed by atoms with van der Waals surface area (Å²) in [5.74, 6) is -1.04. The van der Waals surface area contributed by atoms with Gasteiger partial charge in [0, 0.05) is 12.6 Å². The molecule has 5 heteroatoms. The molecule has 0 saturated heterocycles. The fraction of sp³-hybridized carbons (Fsp3) is 0.273. The first kappa shape index (κ1) is 12.2. The Bertz CT molecular complexity index is 418. The van der Waals surface area contributed by atoms with Crippen molar-refractivity contribution < 1.29 is 14.0 Å². The predicted octanol–water partition coefficient (Wildman–Crippen LogP) is 0.610. The largest absolute Gasteiger partial charge is 0.358 e. The Morgan fingerprint density at radius 2 is 2.06 bits per heavy atom. The van der Waals surface area contributed by atoms with Crippen molar-refractivity contribution in [2.24, 2.45) is 0 Å². The molecule has 0 aromatic heterocycles. The molecule has 1 aromatic rings. The minimum atomic E-state index is -0.397. The van der Waals surface area contributed by atoms with Crippen molar-refractivity contribution in [1.82, 2.24) is 10.6 Å². The summed E-state index contributed by atoms with van der Waals surface area (Å²) in [6.45, 7) is 1.48. The molecule has 4 nitrogen and oxygen atoms in total. The van der Waals surface area contributed by atoms with E-state index in [2.05, 4.69) is 10.6 Å². The smallest absolute Gasteiger partial charge is 0.251 e. The maximum Gasteiger partial charge on any atom is 0.251 e. The molecule has 0 spiro atoms. The molecule has 2 amide bonds. The lowest BCUT2D eigenvalue weighted by Crippen LogP contribution is -2.35. The Kier molecular flexibility index (Phi) is 3.99. The number of likely N-dealkylation sites (N-methyl/N-ethyl adjacent to an activating group) is 1. The minimum absolute atomic E-state index is 0.0915. The van der Waals surface area contributed by atoms with Gasteiger partial charge < -0.3 is 10.6 Å². The van der Waals surface area contributed by atoms with Gasteiger partial charge in [-0.2, -0.15) is 0 Å². The van der Waals surface area contributed by atoms with Gasteiger partial charge in [-0.1, -0.05) is 0 Å². The van der Waals surface area contributed by atoms with Crippen molar-refractivity contribution in [3.05, 3.63) is 35.1 Å². The van der Waals surface area contributed by atoms with Crippen LogP contribution in [0.1, 0.15) is 15.9 Å². The predicted molar refractivity (Wildman–Crippen MR) is 57.5 cm³/mol. The van der Waals surface area contributed by atoms with Crippen LogP contribution in [-0.4, -0.2) is 25.4 Å². The van der Waals surface area contributed by atoms with Crippen molar-refractivity contribution in [3.63, 3.8) is 0 Å². The Labute approximate surface area is 92.8 Å². The van der Waals surface area contributed by atoms with Crippen LogP contribution in [0.3, 0.4) is 0 Å². The fourth-order valence-corrected chi connectivity index (χ4v) is 1.14. The highest BCUT2D eigenvalue weighted by Crippen LogP contribution is 2.08. The van der Waals surface area contributed by atoms with E-state index in [0.29, 0.717) is 11.1 Å². The lowest BCUT2D eigenvalue weighted by molar-refractivity contribution is -0.119. The number of carbonyl (C=O) groups excluding carboxylic acids is 2. The zero-order valence-corrected chi connectivity index (χ0v) is 9.13. The van der Waals surface area contributed by atoms with Crippen LogP contribution in [-0.2, 0) is 4.79 Å². The Morgan fingerprint density at radius 3 is 2.62 bits per heavy atom. The first-order valence-electron chi connectivity index (χ1n) is 4.79. The molecule has 86 valence electrons. The third-order valence-electron chi connectivity index (χ3n) is 2.11. The van der Waals surface area contributed by atoms with Crippen LogP contribution in [0, 0.1) is 12.7 Å². The highest BCUT2D eigenvalue weighted by atomic mass is 19.1. The van der Waals surface area contributed by atoms with Crippen molar-refractivity contribution in [2.75, 3.05) is 13.6 Å². The van der Waals surface area contributed by atoms with Crippen LogP contribution >= 0.6 is 0 Å². The quantitative estimate of drug-likeness (QED) is 0.790. The lowest BCUT2D eigenvalue weighted by Gasteiger charge is -2.05.